The third kappa shape index (κ3) is 5.62. The van der Waals surface area contributed by atoms with Gasteiger partial charge in [-0.3, -0.25) is 0 Å². The van der Waals surface area contributed by atoms with Crippen LogP contribution in [0.4, 0.5) is 5.69 Å². The molecule has 0 heterocycles. The number of rotatable bonds is 6. The molecule has 0 bridgehead atoms. The molecule has 0 aliphatic carbocycles. The Labute approximate surface area is 153 Å². The molecule has 0 aliphatic heterocycles. The summed E-state index contributed by atoms with van der Waals surface area (Å²) in [4.78, 5) is 0. The molecule has 3 aromatic carbocycles. The topological polar surface area (TPSA) is 33.3 Å². The minimum atomic E-state index is 0.518. The zero-order valence-electron chi connectivity index (χ0n) is 13.8. The molecule has 126 valence electrons. The predicted molar refractivity (Wildman–Crippen MR) is 107 cm³/mol. The molecule has 0 atom stereocenters. The molecule has 2 N–H and O–H groups in total. The van der Waals surface area contributed by atoms with E-state index >= 15 is 0 Å². The van der Waals surface area contributed by atoms with E-state index in [9.17, 15) is 0 Å². The Kier molecular flexibility index (Phi) is 6.01. The number of hydrogen-bond donors (Lipinski definition) is 2. The molecule has 0 saturated heterocycles. The van der Waals surface area contributed by atoms with Crippen LogP contribution in [0.25, 0.3) is 0 Å². The molecule has 25 heavy (non-hydrogen) atoms. The van der Waals surface area contributed by atoms with E-state index in [2.05, 4.69) is 22.8 Å². The molecule has 0 spiro atoms. The zero-order chi connectivity index (χ0) is 17.3. The second-order valence-corrected chi connectivity index (χ2v) is 6.00. The quantitative estimate of drug-likeness (QED) is 0.630. The van der Waals surface area contributed by atoms with Crippen molar-refractivity contribution in [3.05, 3.63) is 96.1 Å². The number of thiocarbonyl (C=S) groups is 1. The van der Waals surface area contributed by atoms with Gasteiger partial charge in [0.1, 0.15) is 12.4 Å². The van der Waals surface area contributed by atoms with Crippen molar-refractivity contribution >= 4 is 23.0 Å². The average Bonchev–Trinajstić information content (AvgIpc) is 2.67. The number of benzene rings is 3. The number of para-hydroxylation sites is 1. The molecule has 0 aromatic heterocycles. The highest BCUT2D eigenvalue weighted by molar-refractivity contribution is 7.80. The standard InChI is InChI=1S/C21H20N2OS/c25-21(22-15-17-8-3-1-4-9-17)23-19-11-7-10-18(14-19)16-24-20-12-5-2-6-13-20/h1-14H,15-16H2,(H2,22,23,25). The first-order valence-electron chi connectivity index (χ1n) is 8.15. The molecule has 3 aromatic rings. The summed E-state index contributed by atoms with van der Waals surface area (Å²) in [7, 11) is 0. The Morgan fingerprint density at radius 2 is 1.48 bits per heavy atom. The van der Waals surface area contributed by atoms with E-state index in [0.29, 0.717) is 18.3 Å². The van der Waals surface area contributed by atoms with Crippen molar-refractivity contribution in [3.63, 3.8) is 0 Å². The Morgan fingerprint density at radius 1 is 0.800 bits per heavy atom. The van der Waals surface area contributed by atoms with Crippen molar-refractivity contribution in [1.29, 1.82) is 0 Å². The summed E-state index contributed by atoms with van der Waals surface area (Å²) in [6.45, 7) is 1.22. The van der Waals surface area contributed by atoms with Crippen LogP contribution in [0.5, 0.6) is 5.75 Å². The molecular formula is C21H20N2OS. The summed E-state index contributed by atoms with van der Waals surface area (Å²) < 4.78 is 5.78. The molecule has 4 heteroatoms. The fraction of sp³-hybridized carbons (Fsp3) is 0.0952. The van der Waals surface area contributed by atoms with Gasteiger partial charge < -0.3 is 15.4 Å². The summed E-state index contributed by atoms with van der Waals surface area (Å²) in [5, 5.41) is 7.03. The van der Waals surface area contributed by atoms with Crippen LogP contribution in [0.3, 0.4) is 0 Å². The lowest BCUT2D eigenvalue weighted by molar-refractivity contribution is 0.306. The predicted octanol–water partition coefficient (Wildman–Crippen LogP) is 4.75. The summed E-state index contributed by atoms with van der Waals surface area (Å²) in [6, 6.07) is 28.0. The molecule has 3 rings (SSSR count). The van der Waals surface area contributed by atoms with Gasteiger partial charge in [-0.25, -0.2) is 0 Å². The Morgan fingerprint density at radius 3 is 2.24 bits per heavy atom. The SMILES string of the molecule is S=C(NCc1ccccc1)Nc1cccc(COc2ccccc2)c1. The third-order valence-electron chi connectivity index (χ3n) is 3.63. The minimum absolute atomic E-state index is 0.518. The summed E-state index contributed by atoms with van der Waals surface area (Å²) in [5.41, 5.74) is 3.22. The number of nitrogens with one attached hydrogen (secondary N) is 2. The van der Waals surface area contributed by atoms with Crippen LogP contribution in [0.1, 0.15) is 11.1 Å². The lowest BCUT2D eigenvalue weighted by atomic mass is 10.2. The van der Waals surface area contributed by atoms with Crippen LogP contribution in [-0.2, 0) is 13.2 Å². The number of hydrogen-bond acceptors (Lipinski definition) is 2. The van der Waals surface area contributed by atoms with Gasteiger partial charge >= 0.3 is 0 Å². The second-order valence-electron chi connectivity index (χ2n) is 5.60. The van der Waals surface area contributed by atoms with Crippen LogP contribution < -0.4 is 15.4 Å². The van der Waals surface area contributed by atoms with E-state index in [0.717, 1.165) is 17.0 Å². The highest BCUT2D eigenvalue weighted by Crippen LogP contribution is 2.15. The second kappa shape index (κ2) is 8.85. The molecule has 0 fully saturated rings. The van der Waals surface area contributed by atoms with Crippen LogP contribution in [-0.4, -0.2) is 5.11 Å². The molecule has 3 nitrogen and oxygen atoms in total. The largest absolute Gasteiger partial charge is 0.489 e. The molecule has 0 saturated carbocycles. The van der Waals surface area contributed by atoms with Crippen LogP contribution in [0, 0.1) is 0 Å². The minimum Gasteiger partial charge on any atom is -0.489 e. The molecule has 0 unspecified atom stereocenters. The molecule has 0 amide bonds. The maximum Gasteiger partial charge on any atom is 0.171 e. The summed E-state index contributed by atoms with van der Waals surface area (Å²) >= 11 is 5.37. The highest BCUT2D eigenvalue weighted by atomic mass is 32.1. The van der Waals surface area contributed by atoms with E-state index in [4.69, 9.17) is 17.0 Å². The van der Waals surface area contributed by atoms with Gasteiger partial charge in [0.2, 0.25) is 0 Å². The van der Waals surface area contributed by atoms with E-state index in [1.165, 1.54) is 5.56 Å². The van der Waals surface area contributed by atoms with Gasteiger partial charge in [0.15, 0.2) is 5.11 Å². The number of ether oxygens (including phenoxy) is 1. The first kappa shape index (κ1) is 17.0. The average molecular weight is 348 g/mol. The first-order chi connectivity index (χ1) is 12.3. The van der Waals surface area contributed by atoms with Crippen molar-refractivity contribution in [3.8, 4) is 5.75 Å². The smallest absolute Gasteiger partial charge is 0.171 e. The van der Waals surface area contributed by atoms with Gasteiger partial charge in [0.05, 0.1) is 0 Å². The Hall–Kier alpha value is -2.85. The lowest BCUT2D eigenvalue weighted by Gasteiger charge is -2.12. The van der Waals surface area contributed by atoms with Gasteiger partial charge in [-0.1, -0.05) is 60.7 Å². The summed E-state index contributed by atoms with van der Waals surface area (Å²) in [5.74, 6) is 0.862. The van der Waals surface area contributed by atoms with Crippen molar-refractivity contribution in [2.24, 2.45) is 0 Å². The van der Waals surface area contributed by atoms with Gasteiger partial charge in [-0.15, -0.1) is 0 Å². The van der Waals surface area contributed by atoms with Crippen molar-refractivity contribution in [2.45, 2.75) is 13.2 Å². The van der Waals surface area contributed by atoms with Crippen molar-refractivity contribution in [2.75, 3.05) is 5.32 Å². The Balaban J connectivity index is 1.51. The van der Waals surface area contributed by atoms with Crippen LogP contribution in [0.2, 0.25) is 0 Å². The van der Waals surface area contributed by atoms with Gasteiger partial charge in [-0.2, -0.15) is 0 Å². The van der Waals surface area contributed by atoms with Crippen molar-refractivity contribution < 1.29 is 4.74 Å². The molecule has 0 radical (unpaired) electrons. The third-order valence-corrected chi connectivity index (χ3v) is 3.88. The normalized spacial score (nSPS) is 10.1. The maximum absolute atomic E-state index is 5.78. The lowest BCUT2D eigenvalue weighted by Crippen LogP contribution is -2.27. The van der Waals surface area contributed by atoms with E-state index in [1.807, 2.05) is 72.8 Å². The van der Waals surface area contributed by atoms with Gasteiger partial charge in [-0.05, 0) is 47.6 Å². The van der Waals surface area contributed by atoms with Gasteiger partial charge in [0, 0.05) is 12.2 Å². The zero-order valence-corrected chi connectivity index (χ0v) is 14.6. The maximum atomic E-state index is 5.78. The van der Waals surface area contributed by atoms with E-state index < -0.39 is 0 Å². The monoisotopic (exact) mass is 348 g/mol. The fourth-order valence-corrected chi connectivity index (χ4v) is 2.57. The molecule has 0 aliphatic rings. The van der Waals surface area contributed by atoms with Crippen LogP contribution >= 0.6 is 12.2 Å². The fourth-order valence-electron chi connectivity index (χ4n) is 2.38. The van der Waals surface area contributed by atoms with Crippen molar-refractivity contribution in [1.82, 2.24) is 5.32 Å². The van der Waals surface area contributed by atoms with E-state index in [1.54, 1.807) is 0 Å². The van der Waals surface area contributed by atoms with E-state index in [-0.39, 0.29) is 0 Å². The van der Waals surface area contributed by atoms with Gasteiger partial charge in [0.25, 0.3) is 0 Å². The first-order valence-corrected chi connectivity index (χ1v) is 8.56. The van der Waals surface area contributed by atoms with Crippen LogP contribution in [0.15, 0.2) is 84.9 Å². The number of anilines is 1. The molecular weight excluding hydrogens is 328 g/mol. The summed E-state index contributed by atoms with van der Waals surface area (Å²) in [6.07, 6.45) is 0. The Bertz CT molecular complexity index is 806. The highest BCUT2D eigenvalue weighted by Gasteiger charge is 2.01.